The fourth-order valence-electron chi connectivity index (χ4n) is 3.58. The largest absolute Gasteiger partial charge is 0.479 e. The maximum atomic E-state index is 12.5. The Morgan fingerprint density at radius 3 is 2.73 bits per heavy atom. The molecule has 1 atom stereocenters. The van der Waals surface area contributed by atoms with Crippen molar-refractivity contribution in [2.45, 2.75) is 39.8 Å². The van der Waals surface area contributed by atoms with E-state index in [-0.39, 0.29) is 31.3 Å². The number of anilines is 1. The topological polar surface area (TPSA) is 77.8 Å². The Morgan fingerprint density at radius 2 is 2.00 bits per heavy atom. The second-order valence-electron chi connectivity index (χ2n) is 7.24. The number of nitrogens with zero attached hydrogens (tertiary/aromatic N) is 2. The highest BCUT2D eigenvalue weighted by molar-refractivity contribution is 6.00. The summed E-state index contributed by atoms with van der Waals surface area (Å²) < 4.78 is 12.7. The van der Waals surface area contributed by atoms with Crippen LogP contribution in [-0.4, -0.2) is 41.5 Å². The highest BCUT2D eigenvalue weighted by Gasteiger charge is 2.31. The van der Waals surface area contributed by atoms with Gasteiger partial charge in [0.15, 0.2) is 12.7 Å². The Labute approximate surface area is 175 Å². The average molecular weight is 410 g/mol. The number of carbonyl (C=O) groups is 3. The molecule has 0 fully saturated rings. The van der Waals surface area contributed by atoms with Crippen LogP contribution >= 0.6 is 0 Å². The number of amides is 1. The zero-order valence-corrected chi connectivity index (χ0v) is 17.5. The first-order chi connectivity index (χ1) is 14.3. The van der Waals surface area contributed by atoms with Gasteiger partial charge in [0.2, 0.25) is 5.78 Å². The van der Waals surface area contributed by atoms with Gasteiger partial charge < -0.3 is 18.9 Å². The van der Waals surface area contributed by atoms with E-state index in [4.69, 9.17) is 9.47 Å². The number of ketones is 1. The zero-order chi connectivity index (χ0) is 21.8. The van der Waals surface area contributed by atoms with Gasteiger partial charge >= 0.3 is 5.97 Å². The lowest BCUT2D eigenvalue weighted by Gasteiger charge is -2.32. The summed E-state index contributed by atoms with van der Waals surface area (Å²) in [6.07, 6.45) is 1.12. The van der Waals surface area contributed by atoms with Crippen LogP contribution in [0.5, 0.6) is 5.75 Å². The molecule has 0 bridgehead atoms. The van der Waals surface area contributed by atoms with E-state index in [1.165, 1.54) is 4.90 Å². The number of benzene rings is 1. The predicted octanol–water partition coefficient (Wildman–Crippen LogP) is 3.22. The van der Waals surface area contributed by atoms with Crippen molar-refractivity contribution in [3.8, 4) is 5.75 Å². The smallest absolute Gasteiger partial charge is 0.308 e. The third-order valence-corrected chi connectivity index (χ3v) is 5.16. The van der Waals surface area contributed by atoms with Crippen molar-refractivity contribution >= 4 is 23.3 Å². The number of fused-ring (bicyclic) bond motifs is 1. The molecule has 0 saturated heterocycles. The molecule has 7 heteroatoms. The van der Waals surface area contributed by atoms with Crippen LogP contribution in [0.3, 0.4) is 0 Å². The molecule has 7 nitrogen and oxygen atoms in total. The third kappa shape index (κ3) is 4.30. The first-order valence-corrected chi connectivity index (χ1v) is 9.87. The normalized spacial score (nSPS) is 15.4. The molecule has 1 amide bonds. The van der Waals surface area contributed by atoms with Crippen molar-refractivity contribution in [2.24, 2.45) is 0 Å². The fourth-order valence-corrected chi connectivity index (χ4v) is 3.58. The van der Waals surface area contributed by atoms with Crippen LogP contribution in [-0.2, 0) is 20.9 Å². The summed E-state index contributed by atoms with van der Waals surface area (Å²) in [5.41, 5.74) is 2.92. The maximum Gasteiger partial charge on any atom is 0.308 e. The van der Waals surface area contributed by atoms with Gasteiger partial charge in [0.1, 0.15) is 5.75 Å². The average Bonchev–Trinajstić information content (AvgIpc) is 3.01. The van der Waals surface area contributed by atoms with Crippen LogP contribution in [0.25, 0.3) is 0 Å². The number of carbonyl (C=O) groups excluding carboxylic acids is 3. The van der Waals surface area contributed by atoms with Gasteiger partial charge in [0.05, 0.1) is 12.1 Å². The van der Waals surface area contributed by atoms with Crippen molar-refractivity contribution in [2.75, 3.05) is 18.1 Å². The molecule has 0 aliphatic carbocycles. The van der Waals surface area contributed by atoms with Gasteiger partial charge in [0.25, 0.3) is 5.91 Å². The molecule has 1 aliphatic rings. The molecule has 1 aromatic carbocycles. The van der Waals surface area contributed by atoms with Crippen LogP contribution in [0.15, 0.2) is 43.0 Å². The number of aryl methyl sites for hydroxylation is 1. The molecule has 0 saturated carbocycles. The molecule has 158 valence electrons. The Balaban J connectivity index is 1.58. The molecule has 0 N–H and O–H groups in total. The quantitative estimate of drug-likeness (QED) is 0.379. The Hall–Kier alpha value is -3.35. The van der Waals surface area contributed by atoms with Crippen LogP contribution in [0.4, 0.5) is 5.69 Å². The number of aromatic nitrogens is 1. The lowest BCUT2D eigenvalue weighted by Crippen LogP contribution is -2.45. The number of para-hydroxylation sites is 2. The van der Waals surface area contributed by atoms with Gasteiger partial charge in [-0.05, 0) is 39.0 Å². The molecule has 2 heterocycles. The second-order valence-corrected chi connectivity index (χ2v) is 7.24. The van der Waals surface area contributed by atoms with E-state index in [9.17, 15) is 14.4 Å². The zero-order valence-electron chi connectivity index (χ0n) is 17.5. The summed E-state index contributed by atoms with van der Waals surface area (Å²) in [5, 5.41) is 0. The number of rotatable bonds is 8. The summed E-state index contributed by atoms with van der Waals surface area (Å²) in [7, 11) is 0. The van der Waals surface area contributed by atoms with Gasteiger partial charge in [-0.25, -0.2) is 0 Å². The van der Waals surface area contributed by atoms with Crippen LogP contribution in [0.1, 0.15) is 35.1 Å². The summed E-state index contributed by atoms with van der Waals surface area (Å²) in [6.45, 7) is 9.60. The molecular weight excluding hydrogens is 384 g/mol. The molecule has 1 aliphatic heterocycles. The molecule has 1 unspecified atom stereocenters. The SMILES string of the molecule is C=CCn1c(C)cc(C(=O)COC(=O)CCN2C(=O)C(C)Oc3ccccc32)c1C. The standard InChI is InChI=1S/C23H26N2O5/c1-5-11-24-15(2)13-18(16(24)3)20(26)14-29-22(27)10-12-25-19-8-6-7-9-21(19)30-17(4)23(25)28/h5-9,13,17H,1,10-12,14H2,2-4H3. The number of Topliss-reactive ketones (excluding diaryl/α,β-unsaturated/α-hetero) is 1. The second kappa shape index (κ2) is 8.98. The van der Waals surface area contributed by atoms with E-state index in [0.29, 0.717) is 23.5 Å². The molecule has 3 rings (SSSR count). The minimum absolute atomic E-state index is 0.0183. The third-order valence-electron chi connectivity index (χ3n) is 5.16. The molecule has 0 radical (unpaired) electrons. The van der Waals surface area contributed by atoms with E-state index in [0.717, 1.165) is 11.4 Å². The molecular formula is C23H26N2O5. The highest BCUT2D eigenvalue weighted by atomic mass is 16.5. The predicted molar refractivity (Wildman–Crippen MR) is 113 cm³/mol. The molecule has 2 aromatic rings. The van der Waals surface area contributed by atoms with Gasteiger partial charge in [-0.3, -0.25) is 14.4 Å². The van der Waals surface area contributed by atoms with E-state index >= 15 is 0 Å². The van der Waals surface area contributed by atoms with Crippen molar-refractivity contribution in [1.29, 1.82) is 0 Å². The van der Waals surface area contributed by atoms with Crippen molar-refractivity contribution in [1.82, 2.24) is 4.57 Å². The summed E-state index contributed by atoms with van der Waals surface area (Å²) in [4.78, 5) is 38.7. The minimum atomic E-state index is -0.622. The number of hydrogen-bond acceptors (Lipinski definition) is 5. The lowest BCUT2D eigenvalue weighted by atomic mass is 10.1. The maximum absolute atomic E-state index is 12.5. The first kappa shape index (κ1) is 21.4. The number of ether oxygens (including phenoxy) is 2. The summed E-state index contributed by atoms with van der Waals surface area (Å²) in [5.74, 6) is -0.406. The van der Waals surface area contributed by atoms with Gasteiger partial charge in [0, 0.05) is 30.0 Å². The van der Waals surface area contributed by atoms with E-state index in [2.05, 4.69) is 6.58 Å². The molecule has 1 aromatic heterocycles. The number of allylic oxidation sites excluding steroid dienone is 1. The van der Waals surface area contributed by atoms with Crippen LogP contribution < -0.4 is 9.64 Å². The number of esters is 1. The van der Waals surface area contributed by atoms with Gasteiger partial charge in [-0.1, -0.05) is 18.2 Å². The number of hydrogen-bond donors (Lipinski definition) is 0. The highest BCUT2D eigenvalue weighted by Crippen LogP contribution is 2.33. The first-order valence-electron chi connectivity index (χ1n) is 9.87. The monoisotopic (exact) mass is 410 g/mol. The van der Waals surface area contributed by atoms with Crippen molar-refractivity contribution < 1.29 is 23.9 Å². The van der Waals surface area contributed by atoms with Crippen molar-refractivity contribution in [3.05, 3.63) is 59.9 Å². The van der Waals surface area contributed by atoms with E-state index in [1.54, 1.807) is 37.3 Å². The lowest BCUT2D eigenvalue weighted by molar-refractivity contribution is -0.142. The summed E-state index contributed by atoms with van der Waals surface area (Å²) >= 11 is 0. The van der Waals surface area contributed by atoms with Crippen LogP contribution in [0, 0.1) is 13.8 Å². The minimum Gasteiger partial charge on any atom is -0.479 e. The van der Waals surface area contributed by atoms with Gasteiger partial charge in [-0.2, -0.15) is 0 Å². The Morgan fingerprint density at radius 1 is 1.27 bits per heavy atom. The fraction of sp³-hybridized carbons (Fsp3) is 0.348. The van der Waals surface area contributed by atoms with E-state index < -0.39 is 12.1 Å². The summed E-state index contributed by atoms with van der Waals surface area (Å²) in [6, 6.07) is 8.97. The Kier molecular flexibility index (Phi) is 6.40. The molecule has 30 heavy (non-hydrogen) atoms. The van der Waals surface area contributed by atoms with Crippen molar-refractivity contribution in [3.63, 3.8) is 0 Å². The molecule has 0 spiro atoms. The van der Waals surface area contributed by atoms with Gasteiger partial charge in [-0.15, -0.1) is 6.58 Å². The Bertz CT molecular complexity index is 991. The van der Waals surface area contributed by atoms with Crippen LogP contribution in [0.2, 0.25) is 0 Å². The van der Waals surface area contributed by atoms with E-state index in [1.807, 2.05) is 24.5 Å².